The molecule has 164 valence electrons. The summed E-state index contributed by atoms with van der Waals surface area (Å²) in [5.74, 6) is -0.662. The normalized spacial score (nSPS) is 14.3. The molecule has 3 aromatic rings. The summed E-state index contributed by atoms with van der Waals surface area (Å²) in [6.45, 7) is 7.43. The van der Waals surface area contributed by atoms with E-state index in [0.29, 0.717) is 42.3 Å². The standard InChI is InChI=1S/C25H28BN3O3/c1-16(2)18-5-3-17(4-6-18)15-29-22-8-7-19(26)13-20(22)21(14-23(30)31)24(29)25(32)28-11-9-27-10-12-28/h3-8,13,16,27H,9-12,14-15H2,1-2H3,(H,30,31). The molecule has 6 nitrogen and oxygen atoms in total. The Morgan fingerprint density at radius 3 is 2.41 bits per heavy atom. The minimum atomic E-state index is -0.970. The van der Waals surface area contributed by atoms with E-state index in [-0.39, 0.29) is 12.3 Å². The molecule has 0 saturated carbocycles. The predicted octanol–water partition coefficient (Wildman–Crippen LogP) is 2.28. The number of nitrogens with one attached hydrogen (secondary N) is 1. The summed E-state index contributed by atoms with van der Waals surface area (Å²) in [5.41, 5.74) is 4.65. The van der Waals surface area contributed by atoms with Crippen molar-refractivity contribution in [1.82, 2.24) is 14.8 Å². The number of nitrogens with zero attached hydrogens (tertiary/aromatic N) is 2. The summed E-state index contributed by atoms with van der Waals surface area (Å²) in [6.07, 6.45) is -0.230. The first-order chi connectivity index (χ1) is 15.3. The molecule has 1 saturated heterocycles. The van der Waals surface area contributed by atoms with Crippen molar-refractivity contribution in [2.24, 2.45) is 0 Å². The number of amides is 1. The third-order valence-electron chi connectivity index (χ3n) is 6.11. The number of carbonyl (C=O) groups is 2. The van der Waals surface area contributed by atoms with Gasteiger partial charge in [0.2, 0.25) is 0 Å². The molecule has 2 aromatic carbocycles. The maximum atomic E-state index is 13.7. The monoisotopic (exact) mass is 429 g/mol. The molecule has 2 heterocycles. The van der Waals surface area contributed by atoms with Crippen molar-refractivity contribution in [2.75, 3.05) is 26.2 Å². The Morgan fingerprint density at radius 2 is 1.78 bits per heavy atom. The molecule has 0 atom stereocenters. The lowest BCUT2D eigenvalue weighted by molar-refractivity contribution is -0.136. The highest BCUT2D eigenvalue weighted by molar-refractivity contribution is 6.33. The van der Waals surface area contributed by atoms with Gasteiger partial charge in [-0.05, 0) is 23.1 Å². The van der Waals surface area contributed by atoms with Crippen LogP contribution in [0.1, 0.15) is 46.9 Å². The Balaban J connectivity index is 1.86. The number of aliphatic carboxylic acids is 1. The van der Waals surface area contributed by atoms with Gasteiger partial charge in [0.1, 0.15) is 13.5 Å². The number of hydrogen-bond donors (Lipinski definition) is 2. The summed E-state index contributed by atoms with van der Waals surface area (Å²) in [6, 6.07) is 13.8. The number of benzene rings is 2. The van der Waals surface area contributed by atoms with Gasteiger partial charge in [0, 0.05) is 49.2 Å². The van der Waals surface area contributed by atoms with Crippen LogP contribution in [0.15, 0.2) is 42.5 Å². The maximum absolute atomic E-state index is 13.7. The van der Waals surface area contributed by atoms with Crippen LogP contribution in [0.2, 0.25) is 0 Å². The van der Waals surface area contributed by atoms with Gasteiger partial charge in [-0.15, -0.1) is 0 Å². The van der Waals surface area contributed by atoms with Crippen molar-refractivity contribution in [3.63, 3.8) is 0 Å². The molecule has 2 radical (unpaired) electrons. The molecule has 0 bridgehead atoms. The van der Waals surface area contributed by atoms with E-state index in [2.05, 4.69) is 43.4 Å². The molecule has 1 aromatic heterocycles. The summed E-state index contributed by atoms with van der Waals surface area (Å²) < 4.78 is 1.96. The molecule has 2 N–H and O–H groups in total. The molecule has 1 aliphatic heterocycles. The van der Waals surface area contributed by atoms with E-state index in [1.165, 1.54) is 5.56 Å². The van der Waals surface area contributed by atoms with E-state index < -0.39 is 5.97 Å². The van der Waals surface area contributed by atoms with Gasteiger partial charge in [0.05, 0.1) is 6.42 Å². The first-order valence-corrected chi connectivity index (χ1v) is 11.1. The van der Waals surface area contributed by atoms with E-state index in [0.717, 1.165) is 29.6 Å². The Bertz CT molecular complexity index is 1150. The first kappa shape index (κ1) is 22.2. The highest BCUT2D eigenvalue weighted by Gasteiger charge is 2.28. The number of hydrogen-bond acceptors (Lipinski definition) is 3. The van der Waals surface area contributed by atoms with Gasteiger partial charge in [-0.25, -0.2) is 0 Å². The van der Waals surface area contributed by atoms with Gasteiger partial charge in [0.25, 0.3) is 5.91 Å². The van der Waals surface area contributed by atoms with Gasteiger partial charge in [0.15, 0.2) is 0 Å². The van der Waals surface area contributed by atoms with E-state index in [4.69, 9.17) is 7.85 Å². The number of carbonyl (C=O) groups excluding carboxylic acids is 1. The Labute approximate surface area is 189 Å². The second-order valence-electron chi connectivity index (χ2n) is 8.70. The van der Waals surface area contributed by atoms with E-state index in [1.807, 2.05) is 10.6 Å². The lowest BCUT2D eigenvalue weighted by Crippen LogP contribution is -2.47. The third kappa shape index (κ3) is 4.44. The second kappa shape index (κ2) is 9.21. The smallest absolute Gasteiger partial charge is 0.307 e. The van der Waals surface area contributed by atoms with Crippen LogP contribution in [0.4, 0.5) is 0 Å². The van der Waals surface area contributed by atoms with Crippen LogP contribution in [0.25, 0.3) is 10.9 Å². The van der Waals surface area contributed by atoms with Gasteiger partial charge >= 0.3 is 5.97 Å². The molecule has 1 amide bonds. The van der Waals surface area contributed by atoms with Crippen molar-refractivity contribution in [3.8, 4) is 0 Å². The van der Waals surface area contributed by atoms with Crippen molar-refractivity contribution in [1.29, 1.82) is 0 Å². The molecule has 0 unspecified atom stereocenters. The predicted molar refractivity (Wildman–Crippen MR) is 127 cm³/mol. The molecule has 1 aliphatic rings. The minimum Gasteiger partial charge on any atom is -0.481 e. The molecule has 4 rings (SSSR count). The number of rotatable bonds is 6. The Kier molecular flexibility index (Phi) is 6.37. The van der Waals surface area contributed by atoms with E-state index in [1.54, 1.807) is 17.0 Å². The van der Waals surface area contributed by atoms with Gasteiger partial charge in [-0.2, -0.15) is 0 Å². The number of carboxylic acid groups (broad SMARTS) is 1. The number of fused-ring (bicyclic) bond motifs is 1. The largest absolute Gasteiger partial charge is 0.481 e. The zero-order valence-electron chi connectivity index (χ0n) is 18.6. The van der Waals surface area contributed by atoms with Gasteiger partial charge in [-0.3, -0.25) is 9.59 Å². The summed E-state index contributed by atoms with van der Waals surface area (Å²) in [5, 5.41) is 13.6. The third-order valence-corrected chi connectivity index (χ3v) is 6.11. The fraction of sp³-hybridized carbons (Fsp3) is 0.360. The summed E-state index contributed by atoms with van der Waals surface area (Å²) >= 11 is 0. The van der Waals surface area contributed by atoms with Crippen molar-refractivity contribution in [2.45, 2.75) is 32.7 Å². The van der Waals surface area contributed by atoms with Crippen LogP contribution in [-0.4, -0.2) is 60.5 Å². The first-order valence-electron chi connectivity index (χ1n) is 11.1. The summed E-state index contributed by atoms with van der Waals surface area (Å²) in [7, 11) is 6.04. The average Bonchev–Trinajstić information content (AvgIpc) is 3.06. The molecule has 32 heavy (non-hydrogen) atoms. The average molecular weight is 429 g/mol. The highest BCUT2D eigenvalue weighted by atomic mass is 16.4. The Morgan fingerprint density at radius 1 is 1.09 bits per heavy atom. The lowest BCUT2D eigenvalue weighted by Gasteiger charge is -2.28. The molecular weight excluding hydrogens is 401 g/mol. The number of carboxylic acids is 1. The molecule has 1 fully saturated rings. The van der Waals surface area contributed by atoms with Crippen molar-refractivity contribution < 1.29 is 14.7 Å². The fourth-order valence-electron chi connectivity index (χ4n) is 4.39. The molecular formula is C25H28BN3O3. The van der Waals surface area contributed by atoms with Crippen LogP contribution in [0.3, 0.4) is 0 Å². The van der Waals surface area contributed by atoms with Crippen molar-refractivity contribution >= 4 is 36.1 Å². The van der Waals surface area contributed by atoms with E-state index in [9.17, 15) is 14.7 Å². The molecule has 0 aliphatic carbocycles. The van der Waals surface area contributed by atoms with Crippen LogP contribution in [-0.2, 0) is 17.8 Å². The molecule has 7 heteroatoms. The maximum Gasteiger partial charge on any atom is 0.307 e. The second-order valence-corrected chi connectivity index (χ2v) is 8.70. The highest BCUT2D eigenvalue weighted by Crippen LogP contribution is 2.29. The Hall–Kier alpha value is -3.06. The fourth-order valence-corrected chi connectivity index (χ4v) is 4.39. The number of piperazine rings is 1. The van der Waals surface area contributed by atoms with Crippen LogP contribution in [0, 0.1) is 0 Å². The topological polar surface area (TPSA) is 74.6 Å². The SMILES string of the molecule is [B]c1ccc2c(c1)c(CC(=O)O)c(C(=O)N1CCNCC1)n2Cc1ccc(C(C)C)cc1. The van der Waals surface area contributed by atoms with Crippen LogP contribution >= 0.6 is 0 Å². The minimum absolute atomic E-state index is 0.128. The zero-order chi connectivity index (χ0) is 22.8. The number of aromatic nitrogens is 1. The van der Waals surface area contributed by atoms with E-state index >= 15 is 0 Å². The quantitative estimate of drug-likeness (QED) is 0.590. The van der Waals surface area contributed by atoms with Gasteiger partial charge < -0.3 is 19.9 Å². The lowest BCUT2D eigenvalue weighted by atomic mass is 9.93. The van der Waals surface area contributed by atoms with Crippen molar-refractivity contribution in [3.05, 3.63) is 64.8 Å². The zero-order valence-corrected chi connectivity index (χ0v) is 18.6. The summed E-state index contributed by atoms with van der Waals surface area (Å²) in [4.78, 5) is 27.2. The van der Waals surface area contributed by atoms with Gasteiger partial charge in [-0.1, -0.05) is 55.7 Å². The molecule has 0 spiro atoms. The van der Waals surface area contributed by atoms with Crippen LogP contribution in [0.5, 0.6) is 0 Å². The van der Waals surface area contributed by atoms with Crippen LogP contribution < -0.4 is 10.8 Å².